The van der Waals surface area contributed by atoms with Gasteiger partial charge in [0.05, 0.1) is 0 Å². The molecule has 5 nitrogen and oxygen atoms in total. The summed E-state index contributed by atoms with van der Waals surface area (Å²) in [5, 5.41) is 11.8. The third-order valence-electron chi connectivity index (χ3n) is 3.60. The second-order valence-corrected chi connectivity index (χ2v) is 5.85. The number of H-pyrrole nitrogens is 1. The van der Waals surface area contributed by atoms with Crippen LogP contribution >= 0.6 is 11.6 Å². The summed E-state index contributed by atoms with van der Waals surface area (Å²) in [6.07, 6.45) is 1.26. The molecule has 0 bridgehead atoms. The summed E-state index contributed by atoms with van der Waals surface area (Å²) in [6, 6.07) is 17.4. The molecule has 0 aliphatic heterocycles. The van der Waals surface area contributed by atoms with Crippen LogP contribution in [0, 0.1) is 0 Å². The fraction of sp³-hybridized carbons (Fsp3) is 0.167. The Labute approximate surface area is 144 Å². The van der Waals surface area contributed by atoms with Crippen molar-refractivity contribution >= 4 is 17.5 Å². The maximum absolute atomic E-state index is 12.1. The molecule has 122 valence electrons. The van der Waals surface area contributed by atoms with Crippen LogP contribution in [0.25, 0.3) is 0 Å². The summed E-state index contributed by atoms with van der Waals surface area (Å²) in [4.78, 5) is 14.8. The van der Waals surface area contributed by atoms with Gasteiger partial charge in [-0.25, -0.2) is 0 Å². The van der Waals surface area contributed by atoms with Gasteiger partial charge < -0.3 is 5.32 Å². The molecular formula is C18H17ClN4O. The number of hydrogen-bond acceptors (Lipinski definition) is 4. The lowest BCUT2D eigenvalue weighted by Crippen LogP contribution is -2.20. The largest absolute Gasteiger partial charge is 0.354 e. The normalized spacial score (nSPS) is 10.5. The molecule has 0 unspecified atom stereocenters. The number of nitrogens with one attached hydrogen (secondary N) is 2. The van der Waals surface area contributed by atoms with Crippen molar-refractivity contribution in [2.45, 2.75) is 12.8 Å². The Morgan fingerprint density at radius 1 is 0.958 bits per heavy atom. The quantitative estimate of drug-likeness (QED) is 0.723. The Kier molecular flexibility index (Phi) is 5.23. The third kappa shape index (κ3) is 4.43. The van der Waals surface area contributed by atoms with E-state index in [-0.39, 0.29) is 5.56 Å². The van der Waals surface area contributed by atoms with Crippen LogP contribution < -0.4 is 10.9 Å². The molecular weight excluding hydrogens is 324 g/mol. The molecule has 0 saturated heterocycles. The van der Waals surface area contributed by atoms with Gasteiger partial charge in [0.2, 0.25) is 5.95 Å². The SMILES string of the molecule is O=c1[nH]c(NCCc2ccccc2)nnc1Cc1ccc(Cl)cc1. The first-order valence-corrected chi connectivity index (χ1v) is 8.06. The number of aromatic nitrogens is 3. The number of halogens is 1. The molecule has 6 heteroatoms. The average Bonchev–Trinajstić information content (AvgIpc) is 2.60. The van der Waals surface area contributed by atoms with Gasteiger partial charge in [-0.2, -0.15) is 0 Å². The second-order valence-electron chi connectivity index (χ2n) is 5.42. The summed E-state index contributed by atoms with van der Waals surface area (Å²) in [5.41, 5.74) is 2.33. The van der Waals surface area contributed by atoms with Crippen LogP contribution in [0.2, 0.25) is 5.02 Å². The van der Waals surface area contributed by atoms with Gasteiger partial charge in [0.1, 0.15) is 5.69 Å². The summed E-state index contributed by atoms with van der Waals surface area (Å²) >= 11 is 5.86. The van der Waals surface area contributed by atoms with Crippen LogP contribution in [0.3, 0.4) is 0 Å². The van der Waals surface area contributed by atoms with Gasteiger partial charge in [0, 0.05) is 18.0 Å². The molecule has 2 N–H and O–H groups in total. The summed E-state index contributed by atoms with van der Waals surface area (Å²) in [5.74, 6) is 0.385. The molecule has 0 aliphatic rings. The van der Waals surface area contributed by atoms with Crippen LogP contribution in [0.1, 0.15) is 16.8 Å². The lowest BCUT2D eigenvalue weighted by atomic mass is 10.1. The molecule has 0 aliphatic carbocycles. The highest BCUT2D eigenvalue weighted by Gasteiger charge is 2.06. The maximum atomic E-state index is 12.1. The first-order chi connectivity index (χ1) is 11.7. The first kappa shape index (κ1) is 16.2. The molecule has 24 heavy (non-hydrogen) atoms. The van der Waals surface area contributed by atoms with Crippen molar-refractivity contribution in [3.63, 3.8) is 0 Å². The second kappa shape index (κ2) is 7.75. The monoisotopic (exact) mass is 340 g/mol. The average molecular weight is 341 g/mol. The zero-order valence-corrected chi connectivity index (χ0v) is 13.8. The molecule has 0 radical (unpaired) electrons. The van der Waals surface area contributed by atoms with E-state index in [1.807, 2.05) is 30.3 Å². The third-order valence-corrected chi connectivity index (χ3v) is 3.85. The van der Waals surface area contributed by atoms with Crippen LogP contribution in [0.4, 0.5) is 5.95 Å². The highest BCUT2D eigenvalue weighted by molar-refractivity contribution is 6.30. The number of nitrogens with zero attached hydrogens (tertiary/aromatic N) is 2. The first-order valence-electron chi connectivity index (χ1n) is 7.69. The van der Waals surface area contributed by atoms with Gasteiger partial charge in [-0.15, -0.1) is 10.2 Å². The van der Waals surface area contributed by atoms with E-state index in [4.69, 9.17) is 11.6 Å². The fourth-order valence-electron chi connectivity index (χ4n) is 2.32. The minimum Gasteiger partial charge on any atom is -0.354 e. The van der Waals surface area contributed by atoms with Crippen molar-refractivity contribution < 1.29 is 0 Å². The Balaban J connectivity index is 1.60. The summed E-state index contributed by atoms with van der Waals surface area (Å²) in [7, 11) is 0. The van der Waals surface area contributed by atoms with Gasteiger partial charge in [-0.1, -0.05) is 54.1 Å². The lowest BCUT2D eigenvalue weighted by Gasteiger charge is -2.06. The minimum atomic E-state index is -0.234. The molecule has 1 aromatic heterocycles. The Hall–Kier alpha value is -2.66. The van der Waals surface area contributed by atoms with E-state index in [1.165, 1.54) is 5.56 Å². The molecule has 3 rings (SSSR count). The van der Waals surface area contributed by atoms with E-state index in [0.29, 0.717) is 29.6 Å². The van der Waals surface area contributed by atoms with E-state index < -0.39 is 0 Å². The van der Waals surface area contributed by atoms with E-state index in [9.17, 15) is 4.79 Å². The van der Waals surface area contributed by atoms with Crippen molar-refractivity contribution in [3.05, 3.63) is 86.8 Å². The Morgan fingerprint density at radius 3 is 2.42 bits per heavy atom. The number of benzene rings is 2. The van der Waals surface area contributed by atoms with Crippen molar-refractivity contribution in [2.24, 2.45) is 0 Å². The highest BCUT2D eigenvalue weighted by atomic mass is 35.5. The highest BCUT2D eigenvalue weighted by Crippen LogP contribution is 2.11. The van der Waals surface area contributed by atoms with Gasteiger partial charge in [0.25, 0.3) is 5.56 Å². The number of rotatable bonds is 6. The fourth-order valence-corrected chi connectivity index (χ4v) is 2.45. The standard InChI is InChI=1S/C18H17ClN4O/c19-15-8-6-14(7-9-15)12-16-17(24)21-18(23-22-16)20-11-10-13-4-2-1-3-5-13/h1-9H,10-12H2,(H2,20,21,23,24). The predicted molar refractivity (Wildman–Crippen MR) is 95.5 cm³/mol. The van der Waals surface area contributed by atoms with Crippen LogP contribution in [0.5, 0.6) is 0 Å². The zero-order chi connectivity index (χ0) is 16.8. The van der Waals surface area contributed by atoms with Gasteiger partial charge in [-0.3, -0.25) is 9.78 Å². The van der Waals surface area contributed by atoms with Crippen LogP contribution in [-0.4, -0.2) is 21.7 Å². The Bertz CT molecular complexity index is 847. The molecule has 2 aromatic carbocycles. The number of anilines is 1. The maximum Gasteiger partial charge on any atom is 0.274 e. The lowest BCUT2D eigenvalue weighted by molar-refractivity contribution is 0.855. The number of aromatic amines is 1. The Morgan fingerprint density at radius 2 is 1.71 bits per heavy atom. The van der Waals surface area contributed by atoms with Gasteiger partial charge >= 0.3 is 0 Å². The van der Waals surface area contributed by atoms with Crippen molar-refractivity contribution in [2.75, 3.05) is 11.9 Å². The van der Waals surface area contributed by atoms with E-state index >= 15 is 0 Å². The summed E-state index contributed by atoms with van der Waals surface area (Å²) < 4.78 is 0. The van der Waals surface area contributed by atoms with E-state index in [0.717, 1.165) is 12.0 Å². The van der Waals surface area contributed by atoms with Crippen molar-refractivity contribution in [3.8, 4) is 0 Å². The van der Waals surface area contributed by atoms with Gasteiger partial charge in [0.15, 0.2) is 0 Å². The molecule has 0 amide bonds. The molecule has 1 heterocycles. The molecule has 3 aromatic rings. The van der Waals surface area contributed by atoms with Gasteiger partial charge in [-0.05, 0) is 29.7 Å². The molecule has 0 fully saturated rings. The summed E-state index contributed by atoms with van der Waals surface area (Å²) in [6.45, 7) is 0.672. The van der Waals surface area contributed by atoms with Crippen LogP contribution in [0.15, 0.2) is 59.4 Å². The minimum absolute atomic E-state index is 0.234. The number of hydrogen-bond donors (Lipinski definition) is 2. The molecule has 0 spiro atoms. The topological polar surface area (TPSA) is 70.7 Å². The van der Waals surface area contributed by atoms with E-state index in [2.05, 4.69) is 32.6 Å². The molecule has 0 atom stereocenters. The van der Waals surface area contributed by atoms with E-state index in [1.54, 1.807) is 12.1 Å². The smallest absolute Gasteiger partial charge is 0.274 e. The predicted octanol–water partition coefficient (Wildman–Crippen LogP) is 3.06. The van der Waals surface area contributed by atoms with Crippen LogP contribution in [-0.2, 0) is 12.8 Å². The van der Waals surface area contributed by atoms with Crippen molar-refractivity contribution in [1.29, 1.82) is 0 Å². The molecule has 0 saturated carbocycles. The van der Waals surface area contributed by atoms with Crippen molar-refractivity contribution in [1.82, 2.24) is 15.2 Å². The zero-order valence-electron chi connectivity index (χ0n) is 13.0.